The van der Waals surface area contributed by atoms with Crippen LogP contribution in [-0.2, 0) is 11.8 Å². The zero-order valence-corrected chi connectivity index (χ0v) is 17.6. The average molecular weight is 465 g/mol. The van der Waals surface area contributed by atoms with Crippen LogP contribution < -0.4 is 16.2 Å². The standard InChI is InChI=1S/C19H21N5O2.C2HF3O2/c1-23-17(10-13-4-2-3-5-16(13)19(23)26)18(25)22-14-11-21-24(12-14)15-6-8-20-9-7-15;3-2(4,5)1(6)7/h2-5,10-12,15,20H,6-9H2,1H3,(H,22,25);(H,6,7). The Morgan fingerprint density at radius 3 is 2.48 bits per heavy atom. The Kier molecular flexibility index (Phi) is 7.16. The number of alkyl halides is 3. The molecule has 3 heterocycles. The lowest BCUT2D eigenvalue weighted by molar-refractivity contribution is -0.192. The van der Waals surface area contributed by atoms with Crippen LogP contribution in [0.5, 0.6) is 0 Å². The molecular weight excluding hydrogens is 443 g/mol. The van der Waals surface area contributed by atoms with Gasteiger partial charge in [-0.2, -0.15) is 18.3 Å². The molecule has 9 nitrogen and oxygen atoms in total. The third-order valence-electron chi connectivity index (χ3n) is 5.17. The molecule has 3 N–H and O–H groups in total. The van der Waals surface area contributed by atoms with Gasteiger partial charge in [0, 0.05) is 18.6 Å². The number of aromatic nitrogens is 3. The summed E-state index contributed by atoms with van der Waals surface area (Å²) in [5, 5.41) is 19.0. The normalized spacial score (nSPS) is 14.4. The van der Waals surface area contributed by atoms with E-state index in [9.17, 15) is 22.8 Å². The van der Waals surface area contributed by atoms with Crippen LogP contribution in [0.1, 0.15) is 29.4 Å². The van der Waals surface area contributed by atoms with Gasteiger partial charge in [0.25, 0.3) is 11.5 Å². The van der Waals surface area contributed by atoms with Crippen LogP contribution in [0.25, 0.3) is 10.8 Å². The first kappa shape index (κ1) is 24.0. The number of carbonyl (C=O) groups excluding carboxylic acids is 1. The Morgan fingerprint density at radius 1 is 1.21 bits per heavy atom. The molecule has 2 aromatic heterocycles. The van der Waals surface area contributed by atoms with Gasteiger partial charge in [0.05, 0.1) is 17.9 Å². The summed E-state index contributed by atoms with van der Waals surface area (Å²) in [7, 11) is 1.61. The summed E-state index contributed by atoms with van der Waals surface area (Å²) in [5.41, 5.74) is 0.774. The van der Waals surface area contributed by atoms with Crippen molar-refractivity contribution in [2.45, 2.75) is 25.1 Å². The fourth-order valence-corrected chi connectivity index (χ4v) is 3.44. The SMILES string of the molecule is Cn1c(C(=O)Nc2cnn(C3CCNCC3)c2)cc2ccccc2c1=O.O=C(O)C(F)(F)F. The summed E-state index contributed by atoms with van der Waals surface area (Å²) >= 11 is 0. The minimum absolute atomic E-state index is 0.182. The molecule has 1 saturated heterocycles. The molecule has 0 bridgehead atoms. The second kappa shape index (κ2) is 9.86. The lowest BCUT2D eigenvalue weighted by Gasteiger charge is -2.22. The zero-order valence-electron chi connectivity index (χ0n) is 17.6. The van der Waals surface area contributed by atoms with Crippen molar-refractivity contribution in [2.75, 3.05) is 18.4 Å². The number of carboxylic acid groups (broad SMARTS) is 1. The van der Waals surface area contributed by atoms with E-state index in [1.54, 1.807) is 25.4 Å². The highest BCUT2D eigenvalue weighted by Gasteiger charge is 2.38. The van der Waals surface area contributed by atoms with Gasteiger partial charge in [-0.3, -0.25) is 14.3 Å². The quantitative estimate of drug-likeness (QED) is 0.547. The van der Waals surface area contributed by atoms with Crippen molar-refractivity contribution in [1.82, 2.24) is 19.7 Å². The molecule has 1 amide bonds. The maximum absolute atomic E-state index is 12.7. The van der Waals surface area contributed by atoms with E-state index in [4.69, 9.17) is 9.90 Å². The van der Waals surface area contributed by atoms with E-state index in [1.807, 2.05) is 29.1 Å². The highest BCUT2D eigenvalue weighted by molar-refractivity contribution is 6.04. The van der Waals surface area contributed by atoms with Gasteiger partial charge < -0.3 is 20.3 Å². The van der Waals surface area contributed by atoms with Crippen molar-refractivity contribution >= 4 is 28.3 Å². The summed E-state index contributed by atoms with van der Waals surface area (Å²) in [6, 6.07) is 9.37. The first-order valence-electron chi connectivity index (χ1n) is 10.0. The van der Waals surface area contributed by atoms with Crippen molar-refractivity contribution in [3.05, 3.63) is 58.8 Å². The van der Waals surface area contributed by atoms with Crippen LogP contribution in [0, 0.1) is 0 Å². The maximum Gasteiger partial charge on any atom is 0.490 e. The molecule has 1 aromatic carbocycles. The molecule has 3 aromatic rings. The van der Waals surface area contributed by atoms with Gasteiger partial charge >= 0.3 is 12.1 Å². The molecule has 4 rings (SSSR count). The van der Waals surface area contributed by atoms with Gasteiger partial charge in [-0.15, -0.1) is 0 Å². The van der Waals surface area contributed by atoms with Crippen LogP contribution in [0.4, 0.5) is 18.9 Å². The van der Waals surface area contributed by atoms with E-state index in [-0.39, 0.29) is 11.5 Å². The zero-order chi connectivity index (χ0) is 24.2. The van der Waals surface area contributed by atoms with Crippen LogP contribution in [0.2, 0.25) is 0 Å². The van der Waals surface area contributed by atoms with Crippen molar-refractivity contribution in [1.29, 1.82) is 0 Å². The van der Waals surface area contributed by atoms with Crippen molar-refractivity contribution in [2.24, 2.45) is 7.05 Å². The van der Waals surface area contributed by atoms with Crippen molar-refractivity contribution < 1.29 is 27.9 Å². The summed E-state index contributed by atoms with van der Waals surface area (Å²) in [4.78, 5) is 34.1. The van der Waals surface area contributed by atoms with Gasteiger partial charge in [0.2, 0.25) is 0 Å². The van der Waals surface area contributed by atoms with E-state index >= 15 is 0 Å². The van der Waals surface area contributed by atoms with Gasteiger partial charge in [-0.05, 0) is 43.5 Å². The average Bonchev–Trinajstić information content (AvgIpc) is 3.25. The van der Waals surface area contributed by atoms with Gasteiger partial charge in [0.1, 0.15) is 5.69 Å². The highest BCUT2D eigenvalue weighted by Crippen LogP contribution is 2.20. The van der Waals surface area contributed by atoms with E-state index in [0.717, 1.165) is 31.3 Å². The monoisotopic (exact) mass is 465 g/mol. The van der Waals surface area contributed by atoms with E-state index in [0.29, 0.717) is 22.8 Å². The molecule has 1 aliphatic rings. The molecule has 12 heteroatoms. The van der Waals surface area contributed by atoms with Crippen LogP contribution in [0.15, 0.2) is 47.5 Å². The number of benzene rings is 1. The molecule has 0 spiro atoms. The fourth-order valence-electron chi connectivity index (χ4n) is 3.44. The predicted octanol–water partition coefficient (Wildman–Crippen LogP) is 2.55. The maximum atomic E-state index is 12.7. The van der Waals surface area contributed by atoms with Crippen LogP contribution >= 0.6 is 0 Å². The first-order valence-corrected chi connectivity index (χ1v) is 10.0. The highest BCUT2D eigenvalue weighted by atomic mass is 19.4. The number of nitrogens with one attached hydrogen (secondary N) is 2. The van der Waals surface area contributed by atoms with Crippen molar-refractivity contribution in [3.8, 4) is 0 Å². The number of amides is 1. The van der Waals surface area contributed by atoms with Gasteiger partial charge in [0.15, 0.2) is 0 Å². The molecular formula is C21H22F3N5O4. The Balaban J connectivity index is 0.000000383. The number of anilines is 1. The Labute approximate surface area is 185 Å². The molecule has 176 valence electrons. The summed E-state index contributed by atoms with van der Waals surface area (Å²) in [6.45, 7) is 1.96. The second-order valence-corrected chi connectivity index (χ2v) is 7.43. The smallest absolute Gasteiger partial charge is 0.475 e. The number of pyridine rings is 1. The van der Waals surface area contributed by atoms with Crippen LogP contribution in [-0.4, -0.2) is 50.6 Å². The summed E-state index contributed by atoms with van der Waals surface area (Å²) < 4.78 is 35.0. The minimum atomic E-state index is -5.08. The lowest BCUT2D eigenvalue weighted by atomic mass is 10.1. The van der Waals surface area contributed by atoms with Gasteiger partial charge in [-0.25, -0.2) is 4.79 Å². The number of hydrogen-bond acceptors (Lipinski definition) is 5. The van der Waals surface area contributed by atoms with Crippen molar-refractivity contribution in [3.63, 3.8) is 0 Å². The number of piperidine rings is 1. The number of nitrogens with zero attached hydrogens (tertiary/aromatic N) is 3. The first-order chi connectivity index (χ1) is 15.6. The number of halogens is 3. The topological polar surface area (TPSA) is 118 Å². The Morgan fingerprint density at radius 2 is 1.85 bits per heavy atom. The van der Waals surface area contributed by atoms with Crippen LogP contribution in [0.3, 0.4) is 0 Å². The molecule has 1 aliphatic heterocycles. The summed E-state index contributed by atoms with van der Waals surface area (Å²) in [5.74, 6) is -3.08. The predicted molar refractivity (Wildman–Crippen MR) is 114 cm³/mol. The molecule has 0 unspecified atom stereocenters. The Bertz CT molecular complexity index is 1210. The molecule has 1 fully saturated rings. The number of carbonyl (C=O) groups is 2. The molecule has 0 saturated carbocycles. The van der Waals surface area contributed by atoms with E-state index in [1.165, 1.54) is 4.57 Å². The van der Waals surface area contributed by atoms with Gasteiger partial charge in [-0.1, -0.05) is 18.2 Å². The third kappa shape index (κ3) is 5.77. The second-order valence-electron chi connectivity index (χ2n) is 7.43. The number of rotatable bonds is 3. The number of carboxylic acids is 1. The minimum Gasteiger partial charge on any atom is -0.475 e. The largest absolute Gasteiger partial charge is 0.490 e. The Hall–Kier alpha value is -3.67. The molecule has 0 atom stereocenters. The number of aliphatic carboxylic acids is 1. The molecule has 0 radical (unpaired) electrons. The fraction of sp³-hybridized carbons (Fsp3) is 0.333. The van der Waals surface area contributed by atoms with E-state index in [2.05, 4.69) is 15.7 Å². The lowest BCUT2D eigenvalue weighted by Crippen LogP contribution is -2.29. The number of fused-ring (bicyclic) bond motifs is 1. The third-order valence-corrected chi connectivity index (χ3v) is 5.17. The molecule has 33 heavy (non-hydrogen) atoms. The molecule has 0 aliphatic carbocycles. The summed E-state index contributed by atoms with van der Waals surface area (Å²) in [6.07, 6.45) is 0.467. The number of hydrogen-bond donors (Lipinski definition) is 3. The van der Waals surface area contributed by atoms with E-state index < -0.39 is 12.1 Å².